The predicted molar refractivity (Wildman–Crippen MR) is 141 cm³/mol. The summed E-state index contributed by atoms with van der Waals surface area (Å²) in [5.74, 6) is 0.792. The maximum Gasteiger partial charge on any atom is 0.401 e. The van der Waals surface area contributed by atoms with E-state index in [4.69, 9.17) is 0 Å². The van der Waals surface area contributed by atoms with E-state index in [0.29, 0.717) is 43.6 Å². The lowest BCUT2D eigenvalue weighted by Crippen LogP contribution is -2.40. The topological polar surface area (TPSA) is 70.1 Å². The molecule has 0 radical (unpaired) electrons. The van der Waals surface area contributed by atoms with E-state index in [-0.39, 0.29) is 23.9 Å². The number of nitrogens with zero attached hydrogens (tertiary/aromatic N) is 2. The van der Waals surface area contributed by atoms with Crippen molar-refractivity contribution in [1.82, 2.24) is 19.8 Å². The highest BCUT2D eigenvalue weighted by Gasteiger charge is 2.33. The van der Waals surface area contributed by atoms with Gasteiger partial charge in [-0.1, -0.05) is 25.1 Å². The number of aromatic amines is 1. The molecule has 37 heavy (non-hydrogen) atoms. The Hall–Kier alpha value is -2.72. The molecule has 3 heterocycles. The van der Waals surface area contributed by atoms with Crippen LogP contribution < -0.4 is 10.9 Å². The van der Waals surface area contributed by atoms with Gasteiger partial charge in [-0.2, -0.15) is 13.2 Å². The second kappa shape index (κ2) is 11.3. The smallest absolute Gasteiger partial charge is 0.348 e. The molecule has 1 saturated heterocycles. The van der Waals surface area contributed by atoms with Gasteiger partial charge in [0.15, 0.2) is 0 Å². The lowest BCUT2D eigenvalue weighted by Gasteiger charge is -2.32. The molecule has 0 spiro atoms. The number of fused-ring (bicyclic) bond motifs is 1. The Kier molecular flexibility index (Phi) is 8.38. The zero-order chi connectivity index (χ0) is 26.7. The molecule has 3 aromatic rings. The summed E-state index contributed by atoms with van der Waals surface area (Å²) in [7, 11) is 0. The minimum atomic E-state index is -4.18. The SMILES string of the molecule is CCSc1cc(C)[nH]c(=O)c1CNC(=O)c1c(C)n(CC2CCN(CC(F)(F)F)CC2)c2ccccc12. The number of amides is 1. The molecule has 10 heteroatoms. The summed E-state index contributed by atoms with van der Waals surface area (Å²) >= 11 is 1.57. The number of nitrogens with one attached hydrogen (secondary N) is 2. The highest BCUT2D eigenvalue weighted by Crippen LogP contribution is 2.30. The van der Waals surface area contributed by atoms with Gasteiger partial charge in [-0.3, -0.25) is 14.5 Å². The standard InChI is InChI=1S/C27H33F3N4O2S/c1-4-37-23-13-17(2)32-25(35)21(23)14-31-26(36)24-18(3)34(22-8-6-5-7-20(22)24)15-19-9-11-33(12-10-19)16-27(28,29)30/h5-8,13,19H,4,9-12,14-16H2,1-3H3,(H,31,36)(H,32,35). The van der Waals surface area contributed by atoms with Crippen molar-refractivity contribution in [3.05, 3.63) is 63.2 Å². The highest BCUT2D eigenvalue weighted by molar-refractivity contribution is 7.99. The molecular formula is C27H33F3N4O2S. The Morgan fingerprint density at radius 1 is 1.19 bits per heavy atom. The van der Waals surface area contributed by atoms with Gasteiger partial charge in [-0.05, 0) is 63.6 Å². The van der Waals surface area contributed by atoms with Gasteiger partial charge >= 0.3 is 6.18 Å². The van der Waals surface area contributed by atoms with Gasteiger partial charge in [0.1, 0.15) is 0 Å². The molecule has 1 aliphatic heterocycles. The predicted octanol–water partition coefficient (Wildman–Crippen LogP) is 5.26. The van der Waals surface area contributed by atoms with Crippen LogP contribution in [0, 0.1) is 19.8 Å². The van der Waals surface area contributed by atoms with E-state index in [2.05, 4.69) is 14.9 Å². The minimum Gasteiger partial charge on any atom is -0.348 e. The number of para-hydroxylation sites is 1. The Morgan fingerprint density at radius 2 is 1.89 bits per heavy atom. The van der Waals surface area contributed by atoms with Crippen LogP contribution >= 0.6 is 11.8 Å². The number of thioether (sulfide) groups is 1. The fraction of sp³-hybridized carbons (Fsp3) is 0.481. The first kappa shape index (κ1) is 27.3. The number of piperidine rings is 1. The number of carbonyl (C=O) groups excluding carboxylic acids is 1. The van der Waals surface area contributed by atoms with Crippen molar-refractivity contribution >= 4 is 28.6 Å². The third-order valence-electron chi connectivity index (χ3n) is 6.96. The lowest BCUT2D eigenvalue weighted by atomic mass is 9.96. The molecule has 6 nitrogen and oxygen atoms in total. The fourth-order valence-corrected chi connectivity index (χ4v) is 6.10. The number of pyridine rings is 1. The van der Waals surface area contributed by atoms with Crippen molar-refractivity contribution in [2.75, 3.05) is 25.4 Å². The van der Waals surface area contributed by atoms with Crippen molar-refractivity contribution in [3.63, 3.8) is 0 Å². The molecule has 200 valence electrons. The van der Waals surface area contributed by atoms with Crippen LogP contribution in [-0.4, -0.2) is 51.9 Å². The second-order valence-electron chi connectivity index (χ2n) is 9.66. The molecule has 2 aromatic heterocycles. The van der Waals surface area contributed by atoms with E-state index in [1.807, 2.05) is 51.1 Å². The van der Waals surface area contributed by atoms with Gasteiger partial charge in [0.05, 0.1) is 12.1 Å². The zero-order valence-electron chi connectivity index (χ0n) is 21.4. The van der Waals surface area contributed by atoms with Crippen LogP contribution in [0.25, 0.3) is 10.9 Å². The molecule has 2 N–H and O–H groups in total. The summed E-state index contributed by atoms with van der Waals surface area (Å²) in [6, 6.07) is 9.62. The maximum absolute atomic E-state index is 13.4. The van der Waals surface area contributed by atoms with Crippen molar-refractivity contribution in [1.29, 1.82) is 0 Å². The number of hydrogen-bond acceptors (Lipinski definition) is 4. The minimum absolute atomic E-state index is 0.118. The summed E-state index contributed by atoms with van der Waals surface area (Å²) in [4.78, 5) is 31.2. The summed E-state index contributed by atoms with van der Waals surface area (Å²) in [5, 5.41) is 3.78. The summed E-state index contributed by atoms with van der Waals surface area (Å²) < 4.78 is 40.4. The van der Waals surface area contributed by atoms with E-state index in [1.54, 1.807) is 11.8 Å². The molecule has 1 fully saturated rings. The van der Waals surface area contributed by atoms with Crippen molar-refractivity contribution in [2.45, 2.75) is 57.8 Å². The van der Waals surface area contributed by atoms with Crippen LogP contribution in [-0.2, 0) is 13.1 Å². The van der Waals surface area contributed by atoms with E-state index in [9.17, 15) is 22.8 Å². The Labute approximate surface area is 218 Å². The van der Waals surface area contributed by atoms with Crippen molar-refractivity contribution < 1.29 is 18.0 Å². The van der Waals surface area contributed by atoms with E-state index in [0.717, 1.165) is 32.9 Å². The molecule has 1 aliphatic rings. The van der Waals surface area contributed by atoms with Crippen LogP contribution in [0.4, 0.5) is 13.2 Å². The van der Waals surface area contributed by atoms with E-state index in [1.165, 1.54) is 4.90 Å². The number of halogens is 3. The van der Waals surface area contributed by atoms with Crippen LogP contribution in [0.2, 0.25) is 0 Å². The first-order valence-electron chi connectivity index (χ1n) is 12.6. The average molecular weight is 535 g/mol. The molecule has 0 unspecified atom stereocenters. The number of aromatic nitrogens is 2. The zero-order valence-corrected chi connectivity index (χ0v) is 22.2. The fourth-order valence-electron chi connectivity index (χ4n) is 5.19. The molecule has 0 bridgehead atoms. The van der Waals surface area contributed by atoms with Gasteiger partial charge < -0.3 is 14.9 Å². The molecule has 1 amide bonds. The number of alkyl halides is 3. The molecule has 1 aromatic carbocycles. The molecule has 0 atom stereocenters. The largest absolute Gasteiger partial charge is 0.401 e. The second-order valence-corrected chi connectivity index (χ2v) is 11.0. The van der Waals surface area contributed by atoms with Crippen LogP contribution in [0.5, 0.6) is 0 Å². The van der Waals surface area contributed by atoms with Gasteiger partial charge in [0, 0.05) is 45.8 Å². The summed E-state index contributed by atoms with van der Waals surface area (Å²) in [5.41, 5.74) is 3.43. The van der Waals surface area contributed by atoms with Gasteiger partial charge in [0.25, 0.3) is 11.5 Å². The van der Waals surface area contributed by atoms with Gasteiger partial charge in [-0.15, -0.1) is 11.8 Å². The number of H-pyrrole nitrogens is 1. The van der Waals surface area contributed by atoms with Crippen LogP contribution in [0.3, 0.4) is 0 Å². The number of benzene rings is 1. The number of rotatable bonds is 8. The normalized spacial score (nSPS) is 15.4. The van der Waals surface area contributed by atoms with Crippen molar-refractivity contribution in [3.8, 4) is 0 Å². The van der Waals surface area contributed by atoms with E-state index < -0.39 is 12.7 Å². The van der Waals surface area contributed by atoms with E-state index >= 15 is 0 Å². The monoisotopic (exact) mass is 534 g/mol. The quantitative estimate of drug-likeness (QED) is 0.387. The first-order chi connectivity index (χ1) is 17.6. The van der Waals surface area contributed by atoms with Crippen LogP contribution in [0.1, 0.15) is 47.1 Å². The molecule has 0 aliphatic carbocycles. The summed E-state index contributed by atoms with van der Waals surface area (Å²) in [6.07, 6.45) is -2.82. The lowest BCUT2D eigenvalue weighted by molar-refractivity contribution is -0.148. The first-order valence-corrected chi connectivity index (χ1v) is 13.6. The summed E-state index contributed by atoms with van der Waals surface area (Å²) in [6.45, 7) is 6.49. The van der Waals surface area contributed by atoms with Gasteiger partial charge in [0.2, 0.25) is 0 Å². The third-order valence-corrected chi connectivity index (χ3v) is 7.93. The third kappa shape index (κ3) is 6.41. The number of likely N-dealkylation sites (tertiary alicyclic amines) is 1. The molecule has 4 rings (SSSR count). The van der Waals surface area contributed by atoms with Crippen LogP contribution in [0.15, 0.2) is 40.0 Å². The Balaban J connectivity index is 1.53. The molecule has 0 saturated carbocycles. The number of aryl methyl sites for hydroxylation is 1. The Morgan fingerprint density at radius 3 is 2.57 bits per heavy atom. The number of carbonyl (C=O) groups is 1. The highest BCUT2D eigenvalue weighted by atomic mass is 32.2. The maximum atomic E-state index is 13.4. The molecular weight excluding hydrogens is 501 g/mol. The average Bonchev–Trinajstić information content (AvgIpc) is 3.10. The number of hydrogen-bond donors (Lipinski definition) is 2. The van der Waals surface area contributed by atoms with Crippen molar-refractivity contribution in [2.24, 2.45) is 5.92 Å². The Bertz CT molecular complexity index is 1320. The van der Waals surface area contributed by atoms with Gasteiger partial charge in [-0.25, -0.2) is 0 Å².